The van der Waals surface area contributed by atoms with Gasteiger partial charge in [-0.3, -0.25) is 0 Å². The number of hydrogen-bond donors (Lipinski definition) is 1. The Morgan fingerprint density at radius 2 is 1.61 bits per heavy atom. The molecule has 0 aliphatic rings. The number of hydrogen-bond acceptors (Lipinski definition) is 4. The summed E-state index contributed by atoms with van der Waals surface area (Å²) in [5.41, 5.74) is 0. The Morgan fingerprint density at radius 1 is 1.06 bits per heavy atom. The zero-order valence-corrected chi connectivity index (χ0v) is 15.8. The van der Waals surface area contributed by atoms with Crippen LogP contribution in [0, 0.1) is 0 Å². The van der Waals surface area contributed by atoms with Gasteiger partial charge in [0.1, 0.15) is 0 Å². The molecule has 0 rings (SSSR count). The minimum absolute atomic E-state index is 0. The molecule has 0 fully saturated rings. The van der Waals surface area contributed by atoms with Crippen LogP contribution in [-0.4, -0.2) is 29.4 Å². The second-order valence-corrected chi connectivity index (χ2v) is 6.26. The number of aliphatic hydroxyl groups is 1. The van der Waals surface area contributed by atoms with E-state index in [-0.39, 0.29) is 57.5 Å². The Kier molecular flexibility index (Phi) is 14.9. The Balaban J connectivity index is 0. The van der Waals surface area contributed by atoms with E-state index in [9.17, 15) is 18.1 Å². The van der Waals surface area contributed by atoms with Crippen molar-refractivity contribution in [3.05, 3.63) is 0 Å². The van der Waals surface area contributed by atoms with E-state index in [0.717, 1.165) is 25.7 Å². The normalized spacial score (nSPS) is 14.9. The molecule has 0 aromatic rings. The third-order valence-corrected chi connectivity index (χ3v) is 4.45. The van der Waals surface area contributed by atoms with Crippen LogP contribution in [0.3, 0.4) is 0 Å². The van der Waals surface area contributed by atoms with Crippen LogP contribution in [0.5, 0.6) is 0 Å². The number of unbranched alkanes of at least 4 members (excludes halogenated alkanes) is 2. The van der Waals surface area contributed by atoms with Gasteiger partial charge in [-0.15, -0.1) is 0 Å². The van der Waals surface area contributed by atoms with E-state index in [1.54, 1.807) is 6.92 Å². The molecule has 0 saturated carbocycles. The summed E-state index contributed by atoms with van der Waals surface area (Å²) in [5.74, 6) is 0. The fourth-order valence-electron chi connectivity index (χ4n) is 1.91. The van der Waals surface area contributed by atoms with E-state index >= 15 is 0 Å². The molecule has 0 radical (unpaired) electrons. The second kappa shape index (κ2) is 12.3. The van der Waals surface area contributed by atoms with E-state index in [2.05, 4.69) is 6.92 Å². The van der Waals surface area contributed by atoms with Crippen molar-refractivity contribution >= 4 is 10.1 Å². The molecule has 0 aromatic heterocycles. The second-order valence-electron chi connectivity index (χ2n) is 4.60. The molecule has 0 aliphatic heterocycles. The summed E-state index contributed by atoms with van der Waals surface area (Å²) in [5, 5.41) is 8.85. The average molecular weight is 304 g/mol. The van der Waals surface area contributed by atoms with Crippen molar-refractivity contribution in [2.45, 2.75) is 76.6 Å². The van der Waals surface area contributed by atoms with Crippen LogP contribution in [0.1, 0.15) is 65.2 Å². The third kappa shape index (κ3) is 11.3. The van der Waals surface area contributed by atoms with Crippen molar-refractivity contribution in [3.8, 4) is 0 Å². The van der Waals surface area contributed by atoms with Crippen molar-refractivity contribution in [3.63, 3.8) is 0 Å². The maximum Gasteiger partial charge on any atom is 1.00 e. The minimum atomic E-state index is -4.17. The molecular weight excluding hydrogens is 279 g/mol. The van der Waals surface area contributed by atoms with Crippen LogP contribution in [-0.2, 0) is 10.1 Å². The SMILES string of the molecule is CCCCCC(O)CCCC(CC)S(=O)(=O)[O-].[K+]. The van der Waals surface area contributed by atoms with Crippen LogP contribution in [0.25, 0.3) is 0 Å². The van der Waals surface area contributed by atoms with E-state index in [0.29, 0.717) is 25.7 Å². The molecule has 0 amide bonds. The molecule has 2 unspecified atom stereocenters. The Labute approximate surface area is 154 Å². The van der Waals surface area contributed by atoms with Gasteiger partial charge in [0.2, 0.25) is 0 Å². The van der Waals surface area contributed by atoms with Gasteiger partial charge in [0, 0.05) is 5.25 Å². The fraction of sp³-hybridized carbons (Fsp3) is 1.00. The third-order valence-electron chi connectivity index (χ3n) is 3.07. The molecule has 104 valence electrons. The summed E-state index contributed by atoms with van der Waals surface area (Å²) < 4.78 is 32.5. The van der Waals surface area contributed by atoms with Crippen LogP contribution < -0.4 is 51.4 Å². The van der Waals surface area contributed by atoms with Crippen molar-refractivity contribution < 1.29 is 69.5 Å². The monoisotopic (exact) mass is 304 g/mol. The van der Waals surface area contributed by atoms with Gasteiger partial charge in [0.25, 0.3) is 0 Å². The van der Waals surface area contributed by atoms with Gasteiger partial charge in [-0.05, 0) is 32.1 Å². The van der Waals surface area contributed by atoms with Crippen LogP contribution in [0.2, 0.25) is 0 Å². The molecule has 0 spiro atoms. The van der Waals surface area contributed by atoms with Gasteiger partial charge in [0.05, 0.1) is 16.2 Å². The van der Waals surface area contributed by atoms with Gasteiger partial charge in [-0.2, -0.15) is 0 Å². The first-order chi connectivity index (χ1) is 7.91. The van der Waals surface area contributed by atoms with Crippen molar-refractivity contribution in [1.29, 1.82) is 0 Å². The maximum atomic E-state index is 10.8. The molecule has 1 N–H and O–H groups in total. The molecule has 2 atom stereocenters. The Bertz CT molecular complexity index is 280. The van der Waals surface area contributed by atoms with Gasteiger partial charge >= 0.3 is 51.4 Å². The van der Waals surface area contributed by atoms with Crippen LogP contribution in [0.4, 0.5) is 0 Å². The molecule has 18 heavy (non-hydrogen) atoms. The summed E-state index contributed by atoms with van der Waals surface area (Å²) in [7, 11) is -4.17. The first-order valence-corrected chi connectivity index (χ1v) is 8.01. The van der Waals surface area contributed by atoms with Crippen LogP contribution >= 0.6 is 0 Å². The number of rotatable bonds is 10. The quantitative estimate of drug-likeness (QED) is 0.333. The molecule has 0 heterocycles. The molecule has 0 aromatic carbocycles. The standard InChI is InChI=1S/C12H26O4S.K/c1-3-5-6-8-11(13)9-7-10-12(4-2)17(14,15)16;/h11-13H,3-10H2,1-2H3,(H,14,15,16);/q;+1/p-1. The van der Waals surface area contributed by atoms with Crippen molar-refractivity contribution in [2.24, 2.45) is 0 Å². The van der Waals surface area contributed by atoms with Gasteiger partial charge in [0.15, 0.2) is 0 Å². The topological polar surface area (TPSA) is 77.4 Å². The predicted molar refractivity (Wildman–Crippen MR) is 67.8 cm³/mol. The zero-order valence-electron chi connectivity index (χ0n) is 11.9. The smallest absolute Gasteiger partial charge is 0.748 e. The van der Waals surface area contributed by atoms with E-state index < -0.39 is 15.4 Å². The molecule has 0 aliphatic carbocycles. The summed E-state index contributed by atoms with van der Waals surface area (Å²) >= 11 is 0. The van der Waals surface area contributed by atoms with Gasteiger partial charge in [-0.25, -0.2) is 8.42 Å². The maximum absolute atomic E-state index is 10.8. The molecule has 0 saturated heterocycles. The first kappa shape index (κ1) is 21.8. The predicted octanol–water partition coefficient (Wildman–Crippen LogP) is -0.574. The molecule has 6 heteroatoms. The van der Waals surface area contributed by atoms with Gasteiger partial charge < -0.3 is 9.66 Å². The minimum Gasteiger partial charge on any atom is -0.748 e. The first-order valence-electron chi connectivity index (χ1n) is 6.54. The van der Waals surface area contributed by atoms with E-state index in [4.69, 9.17) is 0 Å². The Morgan fingerprint density at radius 3 is 2.06 bits per heavy atom. The Hall–Kier alpha value is 1.51. The van der Waals surface area contributed by atoms with Crippen molar-refractivity contribution in [2.75, 3.05) is 0 Å². The van der Waals surface area contributed by atoms with E-state index in [1.807, 2.05) is 0 Å². The molecule has 4 nitrogen and oxygen atoms in total. The van der Waals surface area contributed by atoms with Crippen molar-refractivity contribution in [1.82, 2.24) is 0 Å². The summed E-state index contributed by atoms with van der Waals surface area (Å²) in [6, 6.07) is 0. The van der Waals surface area contributed by atoms with Crippen LogP contribution in [0.15, 0.2) is 0 Å². The zero-order chi connectivity index (χ0) is 13.3. The fourth-order valence-corrected chi connectivity index (χ4v) is 2.77. The summed E-state index contributed by atoms with van der Waals surface area (Å²) in [6.45, 7) is 3.81. The number of aliphatic hydroxyl groups excluding tert-OH is 1. The summed E-state index contributed by atoms with van der Waals surface area (Å²) in [4.78, 5) is 0. The van der Waals surface area contributed by atoms with Gasteiger partial charge in [-0.1, -0.05) is 33.1 Å². The summed E-state index contributed by atoms with van der Waals surface area (Å²) in [6.07, 6.45) is 5.59. The molecule has 0 bridgehead atoms. The largest absolute Gasteiger partial charge is 1.00 e. The average Bonchev–Trinajstić information content (AvgIpc) is 2.23. The molecular formula is C12H25KO4S. The van der Waals surface area contributed by atoms with E-state index in [1.165, 1.54) is 0 Å².